The normalized spacial score (nSPS) is 14.1. The van der Waals surface area contributed by atoms with Gasteiger partial charge in [-0.25, -0.2) is 0 Å². The highest BCUT2D eigenvalue weighted by Gasteiger charge is 2.51. The monoisotopic (exact) mass is 1010 g/mol. The lowest BCUT2D eigenvalue weighted by atomic mass is 9.77. The molecule has 68 heavy (non-hydrogen) atoms. The topological polar surface area (TPSA) is 40.5 Å². The van der Waals surface area contributed by atoms with Gasteiger partial charge in [0.15, 0.2) is 0 Å². The van der Waals surface area contributed by atoms with Crippen molar-refractivity contribution in [1.29, 1.82) is 0 Å². The first-order valence-electron chi connectivity index (χ1n) is 30.4. The van der Waals surface area contributed by atoms with Crippen LogP contribution >= 0.6 is 0 Å². The molecule has 2 N–H and O–H groups in total. The van der Waals surface area contributed by atoms with E-state index in [1.807, 2.05) is 0 Å². The molecule has 0 aliphatic carbocycles. The Labute approximate surface area is 444 Å². The van der Waals surface area contributed by atoms with Gasteiger partial charge in [-0.2, -0.15) is 0 Å². The predicted octanol–water partition coefficient (Wildman–Crippen LogP) is 13.7. The van der Waals surface area contributed by atoms with E-state index >= 15 is 0 Å². The molecule has 0 aromatic rings. The molecule has 0 saturated heterocycles. The number of likely N-dealkylation sites (N-methyl/N-ethyl adjacent to an activating group) is 2. The summed E-state index contributed by atoms with van der Waals surface area (Å²) < 4.78 is 1.82. The molecule has 2 atom stereocenters. The summed E-state index contributed by atoms with van der Waals surface area (Å²) in [7, 11) is 9.34. The third-order valence-corrected chi connectivity index (χ3v) is 17.8. The number of hydrogen-bond donors (Lipinski definition) is 2. The van der Waals surface area contributed by atoms with Crippen molar-refractivity contribution in [3.8, 4) is 0 Å². The lowest BCUT2D eigenvalue weighted by Crippen LogP contribution is -3.00. The van der Waals surface area contributed by atoms with E-state index in [4.69, 9.17) is 0 Å². The fourth-order valence-corrected chi connectivity index (χ4v) is 10.4. The molecular weight excluding hydrogens is 876 g/mol. The summed E-state index contributed by atoms with van der Waals surface area (Å²) >= 11 is 0. The molecule has 416 valence electrons. The number of unbranched alkanes of at least 4 members (excludes halogenated alkanes) is 36. The van der Waals surface area contributed by atoms with Crippen molar-refractivity contribution in [1.82, 2.24) is 0 Å². The summed E-state index contributed by atoms with van der Waals surface area (Å²) in [6.45, 7) is 24.8. The summed E-state index contributed by atoms with van der Waals surface area (Å²) in [5.41, 5.74) is -1.50. The van der Waals surface area contributed by atoms with Crippen molar-refractivity contribution in [3.05, 3.63) is 0 Å². The van der Waals surface area contributed by atoms with Gasteiger partial charge < -0.3 is 44.0 Å². The molecule has 0 aromatic carbocycles. The van der Waals surface area contributed by atoms with Gasteiger partial charge in [-0.1, -0.05) is 259 Å². The first-order chi connectivity index (χ1) is 31.2. The lowest BCUT2D eigenvalue weighted by molar-refractivity contribution is -0.946. The minimum Gasteiger partial charge on any atom is -1.00 e. The SMILES string of the molecule is CCCCCCCCCCCCC(C)(O)C(C)(C)[N+](C)(C)CCCCCCCCCCCC.CCCCCCCCCCCCC(C)(O)C(C)(C)[N+](C)(C)CCCCCCCCCCCC.[Cl-].[Cl-]. The predicted molar refractivity (Wildman–Crippen MR) is 300 cm³/mol. The molecule has 0 aromatic heterocycles. The van der Waals surface area contributed by atoms with E-state index in [2.05, 4.69) is 97.4 Å². The van der Waals surface area contributed by atoms with Crippen LogP contribution in [0.4, 0.5) is 0 Å². The molecule has 2 unspecified atom stereocenters. The Morgan fingerprint density at radius 2 is 0.397 bits per heavy atom. The second-order valence-corrected chi connectivity index (χ2v) is 24.7. The van der Waals surface area contributed by atoms with Crippen LogP contribution in [0.25, 0.3) is 0 Å². The van der Waals surface area contributed by atoms with Crippen molar-refractivity contribution in [3.63, 3.8) is 0 Å². The summed E-state index contributed by atoms with van der Waals surface area (Å²) in [6, 6.07) is 0. The first-order valence-corrected chi connectivity index (χ1v) is 30.4. The smallest absolute Gasteiger partial charge is 0.122 e. The molecular formula is C62H132Cl2N2O2. The Morgan fingerprint density at radius 1 is 0.250 bits per heavy atom. The number of halogens is 2. The quantitative estimate of drug-likeness (QED) is 0.0471. The van der Waals surface area contributed by atoms with Gasteiger partial charge in [-0.15, -0.1) is 0 Å². The van der Waals surface area contributed by atoms with E-state index in [1.165, 1.54) is 244 Å². The van der Waals surface area contributed by atoms with Crippen LogP contribution in [-0.2, 0) is 0 Å². The van der Waals surface area contributed by atoms with Crippen LogP contribution in [-0.4, -0.2) is 82.7 Å². The second-order valence-electron chi connectivity index (χ2n) is 24.7. The summed E-state index contributed by atoms with van der Waals surface area (Å²) in [5.74, 6) is 0. The van der Waals surface area contributed by atoms with Gasteiger partial charge in [0.1, 0.15) is 22.3 Å². The lowest BCUT2D eigenvalue weighted by Gasteiger charge is -2.52. The maximum atomic E-state index is 11.4. The zero-order valence-corrected chi connectivity index (χ0v) is 51.2. The number of quaternary nitrogens is 2. The van der Waals surface area contributed by atoms with Gasteiger partial charge >= 0.3 is 0 Å². The zero-order chi connectivity index (χ0) is 50.1. The van der Waals surface area contributed by atoms with Crippen LogP contribution in [0.3, 0.4) is 0 Å². The molecule has 0 heterocycles. The van der Waals surface area contributed by atoms with Crippen LogP contribution in [0.1, 0.15) is 339 Å². The Balaban J connectivity index is -0.000000585. The van der Waals surface area contributed by atoms with Crippen LogP contribution in [0, 0.1) is 0 Å². The Hall–Kier alpha value is 0.420. The van der Waals surface area contributed by atoms with Crippen molar-refractivity contribution in [2.24, 2.45) is 0 Å². The summed E-state index contributed by atoms with van der Waals surface area (Å²) in [5, 5.41) is 22.9. The van der Waals surface area contributed by atoms with E-state index in [1.54, 1.807) is 0 Å². The van der Waals surface area contributed by atoms with Crippen molar-refractivity contribution in [2.75, 3.05) is 41.3 Å². The van der Waals surface area contributed by atoms with Gasteiger partial charge in [0, 0.05) is 0 Å². The molecule has 0 aliphatic rings. The van der Waals surface area contributed by atoms with E-state index in [9.17, 15) is 10.2 Å². The molecule has 4 nitrogen and oxygen atoms in total. The largest absolute Gasteiger partial charge is 1.00 e. The minimum atomic E-state index is -0.616. The Morgan fingerprint density at radius 3 is 0.574 bits per heavy atom. The number of hydrogen-bond acceptors (Lipinski definition) is 2. The fraction of sp³-hybridized carbons (Fsp3) is 1.00. The third-order valence-electron chi connectivity index (χ3n) is 17.8. The van der Waals surface area contributed by atoms with Gasteiger partial charge in [0.25, 0.3) is 0 Å². The molecule has 0 rings (SSSR count). The highest BCUT2D eigenvalue weighted by molar-refractivity contribution is 4.93. The van der Waals surface area contributed by atoms with Crippen molar-refractivity contribution < 1.29 is 44.0 Å². The second kappa shape index (κ2) is 46.0. The first kappa shape index (κ1) is 74.9. The molecule has 0 fully saturated rings. The van der Waals surface area contributed by atoms with E-state index < -0.39 is 11.2 Å². The molecule has 0 saturated carbocycles. The maximum Gasteiger partial charge on any atom is 0.122 e. The van der Waals surface area contributed by atoms with Gasteiger partial charge in [0.2, 0.25) is 0 Å². The molecule has 0 radical (unpaired) electrons. The van der Waals surface area contributed by atoms with E-state index in [-0.39, 0.29) is 35.9 Å². The average molecular weight is 1010 g/mol. The highest BCUT2D eigenvalue weighted by Crippen LogP contribution is 2.38. The van der Waals surface area contributed by atoms with Gasteiger partial charge in [-0.3, -0.25) is 0 Å². The van der Waals surface area contributed by atoms with Crippen LogP contribution < -0.4 is 24.8 Å². The van der Waals surface area contributed by atoms with Crippen molar-refractivity contribution >= 4 is 0 Å². The highest BCUT2D eigenvalue weighted by atomic mass is 35.5. The summed E-state index contributed by atoms with van der Waals surface area (Å²) in [4.78, 5) is 0. The van der Waals surface area contributed by atoms with Crippen LogP contribution in [0.2, 0.25) is 0 Å². The molecule has 0 aliphatic heterocycles. The zero-order valence-electron chi connectivity index (χ0n) is 49.7. The minimum absolute atomic E-state index is 0. The Bertz CT molecular complexity index is 870. The number of aliphatic hydroxyl groups is 2. The fourth-order valence-electron chi connectivity index (χ4n) is 10.4. The molecule has 6 heteroatoms. The number of rotatable bonds is 48. The van der Waals surface area contributed by atoms with Crippen LogP contribution in [0.5, 0.6) is 0 Å². The average Bonchev–Trinajstić information content (AvgIpc) is 3.26. The Kier molecular flexibility index (Phi) is 50.7. The van der Waals surface area contributed by atoms with Gasteiger partial charge in [-0.05, 0) is 80.1 Å². The molecule has 0 bridgehead atoms. The number of nitrogens with zero attached hydrogens (tertiary/aromatic N) is 2. The summed E-state index contributed by atoms with van der Waals surface area (Å²) in [6.07, 6.45) is 56.6. The molecule has 0 spiro atoms. The standard InChI is InChI=1S/2C31H66NO.2ClH/c2*1-8-10-12-14-16-18-20-22-24-26-28-31(5,33)30(3,4)32(6,7)29-27-25-23-21-19-17-15-13-11-9-2;;/h2*33H,8-29H2,1-7H3;2*1H/q2*+1;;/p-2. The van der Waals surface area contributed by atoms with Crippen molar-refractivity contribution in [2.45, 2.75) is 361 Å². The maximum absolute atomic E-state index is 11.4. The van der Waals surface area contributed by atoms with Gasteiger partial charge in [0.05, 0.1) is 41.3 Å². The van der Waals surface area contributed by atoms with E-state index in [0.717, 1.165) is 47.7 Å². The van der Waals surface area contributed by atoms with Crippen LogP contribution in [0.15, 0.2) is 0 Å². The molecule has 0 amide bonds. The third kappa shape index (κ3) is 36.4. The van der Waals surface area contributed by atoms with E-state index in [0.29, 0.717) is 0 Å².